The van der Waals surface area contributed by atoms with Crippen LogP contribution in [-0.2, 0) is 11.3 Å². The average molecular weight is 541 g/mol. The molecule has 0 aliphatic rings. The summed E-state index contributed by atoms with van der Waals surface area (Å²) in [7, 11) is 0. The summed E-state index contributed by atoms with van der Waals surface area (Å²) in [5.41, 5.74) is 5.35. The summed E-state index contributed by atoms with van der Waals surface area (Å²) in [4.78, 5) is 13.6. The van der Waals surface area contributed by atoms with Crippen LogP contribution < -0.4 is 10.6 Å². The molecule has 0 saturated carbocycles. The monoisotopic (exact) mass is 540 g/mol. The lowest BCUT2D eigenvalue weighted by molar-refractivity contribution is 0.0528. The Labute approximate surface area is 231 Å². The molecule has 8 heteroatoms. The van der Waals surface area contributed by atoms with Gasteiger partial charge in [0.25, 0.3) is 0 Å². The second-order valence-corrected chi connectivity index (χ2v) is 10.3. The van der Waals surface area contributed by atoms with Crippen molar-refractivity contribution in [1.29, 1.82) is 0 Å². The lowest BCUT2D eigenvalue weighted by Gasteiger charge is -2.12. The minimum atomic E-state index is -0.383. The Morgan fingerprint density at radius 3 is 2.53 bits per heavy atom. The van der Waals surface area contributed by atoms with E-state index in [1.165, 1.54) is 27.7 Å². The molecule has 0 aliphatic carbocycles. The quantitative estimate of drug-likeness (QED) is 0.165. The van der Waals surface area contributed by atoms with Gasteiger partial charge in [-0.3, -0.25) is 4.68 Å². The van der Waals surface area contributed by atoms with E-state index in [1.807, 2.05) is 54.9 Å². The molecule has 0 bridgehead atoms. The summed E-state index contributed by atoms with van der Waals surface area (Å²) >= 11 is 7.13. The van der Waals surface area contributed by atoms with Crippen molar-refractivity contribution in [3.63, 3.8) is 0 Å². The van der Waals surface area contributed by atoms with Crippen LogP contribution in [0.15, 0.2) is 78.9 Å². The largest absolute Gasteiger partial charge is 0.462 e. The molecule has 2 N–H and O–H groups in total. The number of hydrogen-bond donors (Lipinski definition) is 2. The van der Waals surface area contributed by atoms with Gasteiger partial charge in [0.15, 0.2) is 5.11 Å². The zero-order valence-corrected chi connectivity index (χ0v) is 23.1. The fraction of sp³-hybridized carbons (Fsp3) is 0.167. The van der Waals surface area contributed by atoms with Gasteiger partial charge in [-0.15, -0.1) is 11.3 Å². The zero-order chi connectivity index (χ0) is 26.6. The number of nitrogens with one attached hydrogen (secondary N) is 2. The number of nitrogens with zero attached hydrogens (tertiary/aromatic N) is 2. The molecule has 0 fully saturated rings. The van der Waals surface area contributed by atoms with Crippen molar-refractivity contribution in [1.82, 2.24) is 9.78 Å². The predicted octanol–water partition coefficient (Wildman–Crippen LogP) is 7.42. The fourth-order valence-corrected chi connectivity index (χ4v) is 5.79. The summed E-state index contributed by atoms with van der Waals surface area (Å²) in [5.74, 6) is -0.383. The molecule has 192 valence electrons. The molecule has 0 radical (unpaired) electrons. The van der Waals surface area contributed by atoms with Gasteiger partial charge in [0.2, 0.25) is 0 Å². The van der Waals surface area contributed by atoms with E-state index in [0.717, 1.165) is 27.5 Å². The Hall–Kier alpha value is -4.01. The molecule has 2 heterocycles. The highest BCUT2D eigenvalue weighted by atomic mass is 32.1. The molecule has 0 atom stereocenters. The average Bonchev–Trinajstić information content (AvgIpc) is 3.46. The highest BCUT2D eigenvalue weighted by Gasteiger charge is 2.20. The maximum Gasteiger partial charge on any atom is 0.341 e. The second kappa shape index (κ2) is 11.2. The second-order valence-electron chi connectivity index (χ2n) is 8.86. The van der Waals surface area contributed by atoms with Crippen LogP contribution in [0.2, 0.25) is 0 Å². The predicted molar refractivity (Wildman–Crippen MR) is 160 cm³/mol. The first kappa shape index (κ1) is 25.6. The number of esters is 1. The van der Waals surface area contributed by atoms with Gasteiger partial charge >= 0.3 is 5.97 Å². The number of aryl methyl sites for hydroxylation is 1. The lowest BCUT2D eigenvalue weighted by atomic mass is 10.0. The topological polar surface area (TPSA) is 68.2 Å². The Bertz CT molecular complexity index is 1620. The molecule has 38 heavy (non-hydrogen) atoms. The smallest absolute Gasteiger partial charge is 0.341 e. The van der Waals surface area contributed by atoms with Crippen LogP contribution in [0.4, 0.5) is 10.7 Å². The van der Waals surface area contributed by atoms with Crippen LogP contribution in [0.25, 0.3) is 21.2 Å². The van der Waals surface area contributed by atoms with Crippen molar-refractivity contribution >= 4 is 56.1 Å². The van der Waals surface area contributed by atoms with Gasteiger partial charge in [-0.05, 0) is 61.0 Å². The molecule has 0 aliphatic heterocycles. The van der Waals surface area contributed by atoms with E-state index in [1.54, 1.807) is 6.92 Å². The number of carbonyl (C=O) groups excluding carboxylic acids is 1. The molecule has 0 saturated heterocycles. The minimum Gasteiger partial charge on any atom is -0.462 e. The SMILES string of the molecule is CCOC(=O)c1cc(-c2ccccc2)sc1NC(=S)Nc1c(C)nn(Cc2cccc3ccccc23)c1C. The normalized spacial score (nSPS) is 10.9. The first-order valence-corrected chi connectivity index (χ1v) is 13.6. The van der Waals surface area contributed by atoms with Crippen LogP contribution in [0, 0.1) is 13.8 Å². The van der Waals surface area contributed by atoms with Gasteiger partial charge < -0.3 is 15.4 Å². The Balaban J connectivity index is 1.38. The van der Waals surface area contributed by atoms with E-state index in [-0.39, 0.29) is 5.97 Å². The number of hydrogen-bond acceptors (Lipinski definition) is 5. The highest BCUT2D eigenvalue weighted by Crippen LogP contribution is 2.36. The van der Waals surface area contributed by atoms with Crippen molar-refractivity contribution in [2.75, 3.05) is 17.2 Å². The number of fused-ring (bicyclic) bond motifs is 1. The number of rotatable bonds is 7. The maximum absolute atomic E-state index is 12.7. The third-order valence-electron chi connectivity index (χ3n) is 6.33. The third kappa shape index (κ3) is 5.32. The van der Waals surface area contributed by atoms with Crippen molar-refractivity contribution in [2.45, 2.75) is 27.3 Å². The molecule has 5 rings (SSSR count). The van der Waals surface area contributed by atoms with Crippen LogP contribution in [0.3, 0.4) is 0 Å². The number of ether oxygens (including phenoxy) is 1. The minimum absolute atomic E-state index is 0.297. The van der Waals surface area contributed by atoms with E-state index in [9.17, 15) is 4.79 Å². The number of carbonyl (C=O) groups is 1. The highest BCUT2D eigenvalue weighted by molar-refractivity contribution is 7.80. The van der Waals surface area contributed by atoms with E-state index < -0.39 is 0 Å². The number of thiocarbonyl (C=S) groups is 1. The standard InChI is InChI=1S/C30H28N4O2S2/c1-4-36-29(35)25-17-26(22-12-6-5-7-13-22)38-28(25)32-30(37)31-27-19(2)33-34(20(27)3)18-23-15-10-14-21-11-8-9-16-24(21)23/h5-17H,4,18H2,1-3H3,(H2,31,32,37). The molecule has 2 aromatic heterocycles. The van der Waals surface area contributed by atoms with Crippen molar-refractivity contribution < 1.29 is 9.53 Å². The fourth-order valence-electron chi connectivity index (χ4n) is 4.46. The Morgan fingerprint density at radius 1 is 1.00 bits per heavy atom. The summed E-state index contributed by atoms with van der Waals surface area (Å²) < 4.78 is 7.29. The first-order valence-electron chi connectivity index (χ1n) is 12.4. The zero-order valence-electron chi connectivity index (χ0n) is 21.4. The van der Waals surface area contributed by atoms with E-state index in [0.29, 0.717) is 28.8 Å². The van der Waals surface area contributed by atoms with Gasteiger partial charge in [-0.25, -0.2) is 4.79 Å². The first-order chi connectivity index (χ1) is 18.4. The number of thiophene rings is 1. The number of aromatic nitrogens is 2. The Morgan fingerprint density at radius 2 is 1.74 bits per heavy atom. The van der Waals surface area contributed by atoms with E-state index >= 15 is 0 Å². The van der Waals surface area contributed by atoms with Crippen LogP contribution in [0.1, 0.15) is 34.2 Å². The van der Waals surface area contributed by atoms with Crippen LogP contribution in [0.5, 0.6) is 0 Å². The Kier molecular flexibility index (Phi) is 7.53. The molecular formula is C30H28N4O2S2. The van der Waals surface area contributed by atoms with Gasteiger partial charge in [-0.2, -0.15) is 5.10 Å². The molecule has 3 aromatic carbocycles. The molecule has 0 amide bonds. The molecular weight excluding hydrogens is 512 g/mol. The third-order valence-corrected chi connectivity index (χ3v) is 7.64. The van der Waals surface area contributed by atoms with Gasteiger partial charge in [-0.1, -0.05) is 72.8 Å². The molecule has 5 aromatic rings. The van der Waals surface area contributed by atoms with E-state index in [4.69, 9.17) is 22.1 Å². The molecule has 0 spiro atoms. The van der Waals surface area contributed by atoms with Crippen molar-refractivity contribution in [3.8, 4) is 10.4 Å². The van der Waals surface area contributed by atoms with Gasteiger partial charge in [0, 0.05) is 4.88 Å². The lowest BCUT2D eigenvalue weighted by Crippen LogP contribution is -2.21. The van der Waals surface area contributed by atoms with Crippen molar-refractivity contribution in [3.05, 3.63) is 101 Å². The van der Waals surface area contributed by atoms with Crippen LogP contribution in [-0.4, -0.2) is 27.5 Å². The summed E-state index contributed by atoms with van der Waals surface area (Å²) in [6.07, 6.45) is 0. The number of benzene rings is 3. The molecule has 6 nitrogen and oxygen atoms in total. The van der Waals surface area contributed by atoms with E-state index in [2.05, 4.69) is 53.1 Å². The summed E-state index contributed by atoms with van der Waals surface area (Å²) in [6, 6.07) is 26.5. The summed E-state index contributed by atoms with van der Waals surface area (Å²) in [6.45, 7) is 6.72. The number of anilines is 2. The summed E-state index contributed by atoms with van der Waals surface area (Å²) in [5, 5.41) is 14.8. The maximum atomic E-state index is 12.7. The van der Waals surface area contributed by atoms with Gasteiger partial charge in [0.05, 0.1) is 35.8 Å². The van der Waals surface area contributed by atoms with Crippen molar-refractivity contribution in [2.24, 2.45) is 0 Å². The van der Waals surface area contributed by atoms with Crippen LogP contribution >= 0.6 is 23.6 Å². The molecule has 0 unspecified atom stereocenters. The van der Waals surface area contributed by atoms with Gasteiger partial charge in [0.1, 0.15) is 5.00 Å².